The van der Waals surface area contributed by atoms with Crippen LogP contribution in [-0.4, -0.2) is 30.8 Å². The van der Waals surface area contributed by atoms with Crippen molar-refractivity contribution < 1.29 is 56.3 Å². The van der Waals surface area contributed by atoms with E-state index in [9.17, 15) is 22.6 Å². The van der Waals surface area contributed by atoms with Gasteiger partial charge >= 0.3 is 29.6 Å². The molecular formula is C30H43ClNNaO6S2. The first-order valence-corrected chi connectivity index (χ1v) is 17.5. The number of amides is 1. The van der Waals surface area contributed by atoms with Gasteiger partial charge in [-0.05, 0) is 103 Å². The Hall–Kier alpha value is 0.000000000000000222. The minimum atomic E-state index is -4.87. The third-order valence-corrected chi connectivity index (χ3v) is 13.5. The number of halogens is 1. The van der Waals surface area contributed by atoms with Crippen LogP contribution in [0.3, 0.4) is 0 Å². The molecule has 0 aromatic carbocycles. The van der Waals surface area contributed by atoms with Crippen LogP contribution in [0.4, 0.5) is 0 Å². The summed E-state index contributed by atoms with van der Waals surface area (Å²) in [5.74, 6) is 1.23. The van der Waals surface area contributed by atoms with Crippen molar-refractivity contribution in [3.8, 4) is 0 Å². The van der Waals surface area contributed by atoms with E-state index in [1.807, 2.05) is 12.1 Å². The fourth-order valence-corrected chi connectivity index (χ4v) is 11.5. The van der Waals surface area contributed by atoms with Gasteiger partial charge in [0.1, 0.15) is 5.78 Å². The Labute approximate surface area is 276 Å². The molecule has 4 aliphatic carbocycles. The maximum Gasteiger partial charge on any atom is 1.00 e. The van der Waals surface area contributed by atoms with Crippen LogP contribution in [0, 0.1) is 46.3 Å². The van der Waals surface area contributed by atoms with E-state index in [1.54, 1.807) is 0 Å². The number of ketones is 1. The van der Waals surface area contributed by atoms with Crippen LogP contribution in [-0.2, 0) is 24.2 Å². The summed E-state index contributed by atoms with van der Waals surface area (Å²) in [5.41, 5.74) is -0.107. The van der Waals surface area contributed by atoms with Gasteiger partial charge in [0, 0.05) is 24.1 Å². The van der Waals surface area contributed by atoms with Crippen molar-refractivity contribution in [3.63, 3.8) is 0 Å². The molecule has 41 heavy (non-hydrogen) atoms. The summed E-state index contributed by atoms with van der Waals surface area (Å²) < 4.78 is 41.6. The number of hydrogen-bond acceptors (Lipinski definition) is 7. The molecule has 1 aromatic rings. The first-order valence-electron chi connectivity index (χ1n) is 15.0. The number of carbonyl (C=O) groups is 2. The minimum absolute atomic E-state index is 0. The number of hydrogen-bond donors (Lipinski definition) is 1. The van der Waals surface area contributed by atoms with Gasteiger partial charge in [0.05, 0.1) is 16.5 Å². The second kappa shape index (κ2) is 12.8. The zero-order valence-corrected chi connectivity index (χ0v) is 29.4. The minimum Gasteiger partial charge on any atom is -0.726 e. The summed E-state index contributed by atoms with van der Waals surface area (Å²) in [7, 11) is -4.87. The average Bonchev–Trinajstić information content (AvgIpc) is 3.45. The molecule has 1 aromatic heterocycles. The molecule has 1 heterocycles. The number of Topliss-reactive ketones (excluding diaryl/α,β-unsaturated/α-hetero) is 1. The van der Waals surface area contributed by atoms with Crippen molar-refractivity contribution in [2.45, 2.75) is 104 Å². The second-order valence-electron chi connectivity index (χ2n) is 13.6. The van der Waals surface area contributed by atoms with Crippen LogP contribution >= 0.6 is 22.9 Å². The van der Waals surface area contributed by atoms with Gasteiger partial charge in [-0.3, -0.25) is 13.8 Å². The Bertz CT molecular complexity index is 1240. The van der Waals surface area contributed by atoms with Crippen LogP contribution in [0.1, 0.15) is 103 Å². The molecular weight excluding hydrogens is 593 g/mol. The molecule has 0 radical (unpaired) electrons. The van der Waals surface area contributed by atoms with Crippen molar-refractivity contribution in [2.75, 3.05) is 0 Å². The van der Waals surface area contributed by atoms with E-state index in [0.29, 0.717) is 35.9 Å². The Morgan fingerprint density at radius 2 is 1.90 bits per heavy atom. The van der Waals surface area contributed by atoms with Crippen molar-refractivity contribution in [1.29, 1.82) is 0 Å². The molecule has 0 spiro atoms. The van der Waals surface area contributed by atoms with Crippen LogP contribution in [0.2, 0.25) is 4.34 Å². The van der Waals surface area contributed by atoms with Gasteiger partial charge in [0.25, 0.3) is 0 Å². The third-order valence-electron chi connectivity index (χ3n) is 11.7. The number of carbonyl (C=O) groups excluding carboxylic acids is 2. The third kappa shape index (κ3) is 6.68. The fraction of sp³-hybridized carbons (Fsp3) is 0.800. The van der Waals surface area contributed by atoms with Gasteiger partial charge < -0.3 is 9.87 Å². The summed E-state index contributed by atoms with van der Waals surface area (Å²) in [5, 5.41) is 3.22. The van der Waals surface area contributed by atoms with Crippen molar-refractivity contribution in [1.82, 2.24) is 5.32 Å². The number of rotatable bonds is 8. The van der Waals surface area contributed by atoms with Crippen LogP contribution in [0.15, 0.2) is 12.1 Å². The molecule has 10 atom stereocenters. The van der Waals surface area contributed by atoms with E-state index >= 15 is 0 Å². The van der Waals surface area contributed by atoms with E-state index < -0.39 is 16.5 Å². The van der Waals surface area contributed by atoms with E-state index in [0.717, 1.165) is 43.4 Å². The maximum absolute atomic E-state index is 13.2. The Kier molecular flexibility index (Phi) is 10.6. The maximum atomic E-state index is 13.2. The van der Waals surface area contributed by atoms with E-state index in [4.69, 9.17) is 15.8 Å². The molecule has 5 rings (SSSR count). The zero-order valence-electron chi connectivity index (χ0n) is 25.0. The molecule has 0 saturated heterocycles. The molecule has 4 fully saturated rings. The van der Waals surface area contributed by atoms with Gasteiger partial charge in [-0.25, -0.2) is 8.42 Å². The molecule has 0 bridgehead atoms. The predicted molar refractivity (Wildman–Crippen MR) is 154 cm³/mol. The smallest absolute Gasteiger partial charge is 0.726 e. The van der Waals surface area contributed by atoms with Gasteiger partial charge in [-0.15, -0.1) is 11.3 Å². The first kappa shape index (κ1) is 33.9. The largest absolute Gasteiger partial charge is 1.00 e. The fourth-order valence-electron chi connectivity index (χ4n) is 9.79. The van der Waals surface area contributed by atoms with Crippen LogP contribution < -0.4 is 34.9 Å². The molecule has 1 amide bonds. The van der Waals surface area contributed by atoms with Gasteiger partial charge in [-0.2, -0.15) is 0 Å². The van der Waals surface area contributed by atoms with Crippen molar-refractivity contribution >= 4 is 45.0 Å². The van der Waals surface area contributed by atoms with Crippen molar-refractivity contribution in [3.05, 3.63) is 21.3 Å². The Morgan fingerprint density at radius 1 is 1.20 bits per heavy atom. The van der Waals surface area contributed by atoms with Gasteiger partial charge in [0.2, 0.25) is 16.3 Å². The average molecular weight is 636 g/mol. The molecule has 4 aliphatic rings. The molecule has 0 aliphatic heterocycles. The monoisotopic (exact) mass is 635 g/mol. The van der Waals surface area contributed by atoms with E-state index in [-0.39, 0.29) is 87.7 Å². The summed E-state index contributed by atoms with van der Waals surface area (Å²) in [6, 6.07) is 3.79. The number of nitrogens with one attached hydrogen (secondary N) is 1. The Morgan fingerprint density at radius 3 is 2.54 bits per heavy atom. The number of thiophene rings is 1. The first-order chi connectivity index (χ1) is 18.7. The number of fused-ring (bicyclic) bond motifs is 5. The molecule has 224 valence electrons. The second-order valence-corrected chi connectivity index (χ2v) is 16.4. The molecule has 1 unspecified atom stereocenters. The van der Waals surface area contributed by atoms with E-state index in [2.05, 4.69) is 33.0 Å². The van der Waals surface area contributed by atoms with Crippen LogP contribution in [0.25, 0.3) is 0 Å². The Balaban J connectivity index is 0.00000387. The van der Waals surface area contributed by atoms with Gasteiger partial charge in [-0.1, -0.05) is 39.3 Å². The summed E-state index contributed by atoms with van der Waals surface area (Å²) in [6.45, 7) is 8.84. The van der Waals surface area contributed by atoms with E-state index in [1.165, 1.54) is 11.3 Å². The SMILES string of the molecule is CCC(NC(=O)C[C@@H](C)[C@H]1CC[C@H]2[C@@H]3[C@H](OS(=O)(=O)[O-])C[C@@H]4CC(=O)CC[C@]4(C)[C@H]3CC[C@]12C)c1ccc(Cl)s1.[Na+]. The predicted octanol–water partition coefficient (Wildman–Crippen LogP) is 3.68. The summed E-state index contributed by atoms with van der Waals surface area (Å²) in [6.07, 6.45) is 6.72. The molecule has 7 nitrogen and oxygen atoms in total. The normalized spacial score (nSPS) is 38.1. The molecule has 1 N–H and O–H groups in total. The van der Waals surface area contributed by atoms with Gasteiger partial charge in [0.15, 0.2) is 0 Å². The quantitative estimate of drug-likeness (QED) is 0.265. The summed E-state index contributed by atoms with van der Waals surface area (Å²) in [4.78, 5) is 26.6. The molecule has 4 saturated carbocycles. The standard InChI is InChI=1S/C30H44ClNO6S2.Na/c1-5-23(25-8-9-26(31)39-25)32-27(34)14-17(2)20-6-7-21-28-22(11-13-30(20,21)4)29(3)12-10-19(33)15-18(29)16-24(28)38-40(35,36)37;/h8-9,17-18,20-24,28H,5-7,10-16H2,1-4H3,(H,32,34)(H,35,36,37);/q;+1/p-1/t17-,18+,20-,21+,22+,23?,24-,28+,29+,30-;/m1./s1. The topological polar surface area (TPSA) is 113 Å². The zero-order chi connectivity index (χ0) is 29.0. The van der Waals surface area contributed by atoms with Crippen molar-refractivity contribution in [2.24, 2.45) is 46.3 Å². The molecule has 11 heteroatoms. The summed E-state index contributed by atoms with van der Waals surface area (Å²) >= 11 is 7.62. The van der Waals surface area contributed by atoms with Crippen LogP contribution in [0.5, 0.6) is 0 Å².